The molecule has 0 amide bonds. The zero-order valence-electron chi connectivity index (χ0n) is 11.5. The molecule has 3 nitrogen and oxygen atoms in total. The summed E-state index contributed by atoms with van der Waals surface area (Å²) in [6.07, 6.45) is 6.50. The van der Waals surface area contributed by atoms with Crippen LogP contribution in [-0.2, 0) is 6.54 Å². The molecule has 3 heteroatoms. The second kappa shape index (κ2) is 6.74. The molecule has 1 aromatic heterocycles. The van der Waals surface area contributed by atoms with E-state index in [0.717, 1.165) is 31.1 Å². The number of nitrogens with zero attached hydrogens (tertiary/aromatic N) is 1. The first-order chi connectivity index (χ1) is 8.79. The van der Waals surface area contributed by atoms with Crippen molar-refractivity contribution < 1.29 is 4.74 Å². The first kappa shape index (κ1) is 13.3. The molecule has 1 N–H and O–H groups in total. The Kier molecular flexibility index (Phi) is 5.00. The predicted molar refractivity (Wildman–Crippen MR) is 73.9 cm³/mol. The molecule has 0 spiro atoms. The molecule has 0 atom stereocenters. The molecule has 2 rings (SSSR count). The minimum atomic E-state index is 0.390. The molecule has 0 aromatic carbocycles. The van der Waals surface area contributed by atoms with Crippen molar-refractivity contribution in [3.8, 4) is 5.88 Å². The molecular weight excluding hydrogens is 224 g/mol. The van der Waals surface area contributed by atoms with Gasteiger partial charge in [-0.3, -0.25) is 0 Å². The van der Waals surface area contributed by atoms with Crippen molar-refractivity contribution >= 4 is 0 Å². The number of pyridine rings is 1. The van der Waals surface area contributed by atoms with E-state index < -0.39 is 0 Å². The maximum Gasteiger partial charge on any atom is 0.213 e. The molecule has 100 valence electrons. The van der Waals surface area contributed by atoms with Gasteiger partial charge >= 0.3 is 0 Å². The van der Waals surface area contributed by atoms with Gasteiger partial charge in [0, 0.05) is 18.3 Å². The van der Waals surface area contributed by atoms with Crippen LogP contribution >= 0.6 is 0 Å². The van der Waals surface area contributed by atoms with Crippen molar-refractivity contribution in [3.05, 3.63) is 23.4 Å². The van der Waals surface area contributed by atoms with Gasteiger partial charge in [0.05, 0.1) is 0 Å². The first-order valence-electron chi connectivity index (χ1n) is 7.13. The lowest BCUT2D eigenvalue weighted by Crippen LogP contribution is -2.16. The fourth-order valence-corrected chi connectivity index (χ4v) is 2.40. The van der Waals surface area contributed by atoms with Crippen molar-refractivity contribution in [2.45, 2.75) is 58.6 Å². The highest BCUT2D eigenvalue weighted by atomic mass is 16.5. The van der Waals surface area contributed by atoms with Gasteiger partial charge in [-0.1, -0.05) is 13.0 Å². The standard InChI is InChI=1S/C15H24N2O/c1-3-10-16-11-13-8-9-15(17-12(13)2)18-14-6-4-5-7-14/h8-9,14,16H,3-7,10-11H2,1-2H3. The van der Waals surface area contributed by atoms with Crippen molar-refractivity contribution in [2.75, 3.05) is 6.54 Å². The Labute approximate surface area is 110 Å². The Morgan fingerprint density at radius 1 is 1.33 bits per heavy atom. The van der Waals surface area contributed by atoms with E-state index in [1.165, 1.54) is 31.2 Å². The average Bonchev–Trinajstić information content (AvgIpc) is 2.85. The Balaban J connectivity index is 1.91. The van der Waals surface area contributed by atoms with Gasteiger partial charge in [-0.2, -0.15) is 0 Å². The van der Waals surface area contributed by atoms with Gasteiger partial charge in [0.1, 0.15) is 6.10 Å². The number of rotatable bonds is 6. The van der Waals surface area contributed by atoms with E-state index in [1.54, 1.807) is 0 Å². The smallest absolute Gasteiger partial charge is 0.213 e. The van der Waals surface area contributed by atoms with Crippen LogP contribution in [0, 0.1) is 6.92 Å². The van der Waals surface area contributed by atoms with E-state index in [1.807, 2.05) is 6.07 Å². The molecule has 0 unspecified atom stereocenters. The van der Waals surface area contributed by atoms with Gasteiger partial charge in [-0.05, 0) is 51.1 Å². The average molecular weight is 248 g/mol. The number of ether oxygens (including phenoxy) is 1. The molecule has 1 heterocycles. The van der Waals surface area contributed by atoms with Gasteiger partial charge in [0.15, 0.2) is 0 Å². The first-order valence-corrected chi connectivity index (χ1v) is 7.13. The van der Waals surface area contributed by atoms with E-state index in [4.69, 9.17) is 4.74 Å². The van der Waals surface area contributed by atoms with Crippen LogP contribution in [0.15, 0.2) is 12.1 Å². The van der Waals surface area contributed by atoms with E-state index in [0.29, 0.717) is 6.10 Å². The molecule has 1 saturated carbocycles. The van der Waals surface area contributed by atoms with Crippen LogP contribution in [0.25, 0.3) is 0 Å². The van der Waals surface area contributed by atoms with Crippen LogP contribution in [0.2, 0.25) is 0 Å². The van der Waals surface area contributed by atoms with Crippen molar-refractivity contribution in [2.24, 2.45) is 0 Å². The lowest BCUT2D eigenvalue weighted by Gasteiger charge is -2.14. The maximum atomic E-state index is 5.91. The summed E-state index contributed by atoms with van der Waals surface area (Å²) < 4.78 is 5.91. The van der Waals surface area contributed by atoms with Crippen LogP contribution in [0.3, 0.4) is 0 Å². The molecule has 1 aliphatic rings. The summed E-state index contributed by atoms with van der Waals surface area (Å²) in [6.45, 7) is 6.19. The zero-order valence-corrected chi connectivity index (χ0v) is 11.5. The van der Waals surface area contributed by atoms with Gasteiger partial charge in [-0.15, -0.1) is 0 Å². The highest BCUT2D eigenvalue weighted by Gasteiger charge is 2.17. The highest BCUT2D eigenvalue weighted by molar-refractivity contribution is 5.25. The largest absolute Gasteiger partial charge is 0.474 e. The summed E-state index contributed by atoms with van der Waals surface area (Å²) >= 11 is 0. The van der Waals surface area contributed by atoms with Crippen LogP contribution in [0.1, 0.15) is 50.3 Å². The minimum Gasteiger partial charge on any atom is -0.474 e. The minimum absolute atomic E-state index is 0.390. The summed E-state index contributed by atoms with van der Waals surface area (Å²) in [5.41, 5.74) is 2.34. The Morgan fingerprint density at radius 3 is 2.78 bits per heavy atom. The summed E-state index contributed by atoms with van der Waals surface area (Å²) in [7, 11) is 0. The molecule has 0 radical (unpaired) electrons. The van der Waals surface area contributed by atoms with Crippen LogP contribution < -0.4 is 10.1 Å². The summed E-state index contributed by atoms with van der Waals surface area (Å²) in [4.78, 5) is 4.55. The SMILES string of the molecule is CCCNCc1ccc(OC2CCCC2)nc1C. The van der Waals surface area contributed by atoms with Crippen molar-refractivity contribution in [1.82, 2.24) is 10.3 Å². The fourth-order valence-electron chi connectivity index (χ4n) is 2.40. The van der Waals surface area contributed by atoms with Gasteiger partial charge in [-0.25, -0.2) is 4.98 Å². The van der Waals surface area contributed by atoms with Gasteiger partial charge < -0.3 is 10.1 Å². The number of hydrogen-bond acceptors (Lipinski definition) is 3. The number of aromatic nitrogens is 1. The Bertz CT molecular complexity index is 373. The molecular formula is C15H24N2O. The van der Waals surface area contributed by atoms with Gasteiger partial charge in [0.25, 0.3) is 0 Å². The molecule has 1 aromatic rings. The summed E-state index contributed by atoms with van der Waals surface area (Å²) in [5.74, 6) is 0.790. The highest BCUT2D eigenvalue weighted by Crippen LogP contribution is 2.23. The second-order valence-electron chi connectivity index (χ2n) is 5.10. The van der Waals surface area contributed by atoms with Crippen LogP contribution in [-0.4, -0.2) is 17.6 Å². The number of hydrogen-bond donors (Lipinski definition) is 1. The predicted octanol–water partition coefficient (Wildman–Crippen LogP) is 3.21. The molecule has 1 fully saturated rings. The van der Waals surface area contributed by atoms with E-state index in [2.05, 4.69) is 30.2 Å². The molecule has 18 heavy (non-hydrogen) atoms. The monoisotopic (exact) mass is 248 g/mol. The molecule has 1 aliphatic carbocycles. The quantitative estimate of drug-likeness (QED) is 0.785. The van der Waals surface area contributed by atoms with Crippen molar-refractivity contribution in [1.29, 1.82) is 0 Å². The van der Waals surface area contributed by atoms with Crippen molar-refractivity contribution in [3.63, 3.8) is 0 Å². The third kappa shape index (κ3) is 3.70. The molecule has 0 bridgehead atoms. The second-order valence-corrected chi connectivity index (χ2v) is 5.10. The van der Waals surface area contributed by atoms with E-state index >= 15 is 0 Å². The maximum absolute atomic E-state index is 5.91. The van der Waals surface area contributed by atoms with Gasteiger partial charge in [0.2, 0.25) is 5.88 Å². The third-order valence-corrected chi connectivity index (χ3v) is 3.50. The van der Waals surface area contributed by atoms with Crippen LogP contribution in [0.4, 0.5) is 0 Å². The summed E-state index contributed by atoms with van der Waals surface area (Å²) in [5, 5.41) is 3.40. The Hall–Kier alpha value is -1.09. The number of aryl methyl sites for hydroxylation is 1. The molecule has 0 aliphatic heterocycles. The lowest BCUT2D eigenvalue weighted by molar-refractivity contribution is 0.201. The number of nitrogens with one attached hydrogen (secondary N) is 1. The zero-order chi connectivity index (χ0) is 12.8. The fraction of sp³-hybridized carbons (Fsp3) is 0.667. The normalized spacial score (nSPS) is 16.1. The summed E-state index contributed by atoms with van der Waals surface area (Å²) in [6, 6.07) is 4.14. The van der Waals surface area contributed by atoms with E-state index in [9.17, 15) is 0 Å². The lowest BCUT2D eigenvalue weighted by atomic mass is 10.2. The Morgan fingerprint density at radius 2 is 2.11 bits per heavy atom. The van der Waals surface area contributed by atoms with E-state index in [-0.39, 0.29) is 0 Å². The topological polar surface area (TPSA) is 34.1 Å². The van der Waals surface area contributed by atoms with Crippen LogP contribution in [0.5, 0.6) is 5.88 Å². The molecule has 0 saturated heterocycles. The third-order valence-electron chi connectivity index (χ3n) is 3.50.